The van der Waals surface area contributed by atoms with E-state index in [-0.39, 0.29) is 12.0 Å². The zero-order chi connectivity index (χ0) is 15.5. The maximum absolute atomic E-state index is 12.4. The van der Waals surface area contributed by atoms with E-state index >= 15 is 0 Å². The third-order valence-electron chi connectivity index (χ3n) is 3.48. The molecule has 0 bridgehead atoms. The van der Waals surface area contributed by atoms with Gasteiger partial charge >= 0.3 is 0 Å². The standard InChI is InChI=1S/C17H16BrNO3/c1-19(17(20)12-6-8-13(18)9-7-12)10-14-11-21-15-4-2-3-5-16(15)22-14/h2-9,14H,10-11H2,1H3. The molecule has 0 radical (unpaired) electrons. The number of likely N-dealkylation sites (N-methyl/N-ethyl adjacent to an activating group) is 1. The Hall–Kier alpha value is -2.01. The number of fused-ring (bicyclic) bond motifs is 1. The van der Waals surface area contributed by atoms with Crippen LogP contribution in [0.25, 0.3) is 0 Å². The Kier molecular flexibility index (Phi) is 4.34. The maximum Gasteiger partial charge on any atom is 0.253 e. The number of para-hydroxylation sites is 2. The van der Waals surface area contributed by atoms with Gasteiger partial charge in [-0.1, -0.05) is 28.1 Å². The molecule has 1 aliphatic heterocycles. The van der Waals surface area contributed by atoms with E-state index < -0.39 is 0 Å². The van der Waals surface area contributed by atoms with Gasteiger partial charge in [-0.05, 0) is 36.4 Å². The Labute approximate surface area is 137 Å². The fourth-order valence-electron chi connectivity index (χ4n) is 2.35. The molecule has 0 saturated carbocycles. The van der Waals surface area contributed by atoms with Crippen molar-refractivity contribution in [1.29, 1.82) is 0 Å². The summed E-state index contributed by atoms with van der Waals surface area (Å²) in [5.74, 6) is 1.44. The van der Waals surface area contributed by atoms with Crippen LogP contribution >= 0.6 is 15.9 Å². The fraction of sp³-hybridized carbons (Fsp3) is 0.235. The second-order valence-corrected chi connectivity index (χ2v) is 6.11. The van der Waals surface area contributed by atoms with Gasteiger partial charge in [0.05, 0.1) is 6.54 Å². The Morgan fingerprint density at radius 2 is 1.86 bits per heavy atom. The van der Waals surface area contributed by atoms with E-state index in [9.17, 15) is 4.79 Å². The van der Waals surface area contributed by atoms with Crippen LogP contribution in [0, 0.1) is 0 Å². The molecule has 1 atom stereocenters. The Morgan fingerprint density at radius 1 is 1.18 bits per heavy atom. The third kappa shape index (κ3) is 3.25. The molecule has 1 heterocycles. The number of halogens is 1. The summed E-state index contributed by atoms with van der Waals surface area (Å²) in [5, 5.41) is 0. The first kappa shape index (κ1) is 14.9. The number of hydrogen-bond donors (Lipinski definition) is 0. The van der Waals surface area contributed by atoms with Crippen molar-refractivity contribution in [3.8, 4) is 11.5 Å². The van der Waals surface area contributed by atoms with Crippen LogP contribution in [0.3, 0.4) is 0 Å². The van der Waals surface area contributed by atoms with Crippen LogP contribution in [0.5, 0.6) is 11.5 Å². The highest BCUT2D eigenvalue weighted by atomic mass is 79.9. The minimum absolute atomic E-state index is 0.0324. The van der Waals surface area contributed by atoms with Gasteiger partial charge in [0.25, 0.3) is 5.91 Å². The Balaban J connectivity index is 1.64. The third-order valence-corrected chi connectivity index (χ3v) is 4.01. The molecule has 1 unspecified atom stereocenters. The SMILES string of the molecule is CN(CC1COc2ccccc2O1)C(=O)c1ccc(Br)cc1. The first-order valence-corrected chi connectivity index (χ1v) is 7.82. The van der Waals surface area contributed by atoms with E-state index in [1.807, 2.05) is 36.4 Å². The summed E-state index contributed by atoms with van der Waals surface area (Å²) in [5.41, 5.74) is 0.655. The summed E-state index contributed by atoms with van der Waals surface area (Å²) in [6.07, 6.45) is -0.167. The van der Waals surface area contributed by atoms with E-state index in [0.29, 0.717) is 18.7 Å². The van der Waals surface area contributed by atoms with Crippen LogP contribution in [0.4, 0.5) is 0 Å². The first-order chi connectivity index (χ1) is 10.6. The minimum atomic E-state index is -0.167. The van der Waals surface area contributed by atoms with Crippen molar-refractivity contribution in [2.45, 2.75) is 6.10 Å². The quantitative estimate of drug-likeness (QED) is 0.841. The summed E-state index contributed by atoms with van der Waals surface area (Å²) in [7, 11) is 1.77. The van der Waals surface area contributed by atoms with E-state index in [1.54, 1.807) is 24.1 Å². The van der Waals surface area contributed by atoms with Gasteiger partial charge in [0.1, 0.15) is 6.61 Å². The van der Waals surface area contributed by atoms with Crippen LogP contribution in [0.1, 0.15) is 10.4 Å². The zero-order valence-electron chi connectivity index (χ0n) is 12.2. The molecule has 2 aromatic carbocycles. The monoisotopic (exact) mass is 361 g/mol. The van der Waals surface area contributed by atoms with Crippen molar-refractivity contribution >= 4 is 21.8 Å². The highest BCUT2D eigenvalue weighted by Crippen LogP contribution is 2.31. The molecular formula is C17H16BrNO3. The molecule has 0 spiro atoms. The molecule has 0 fully saturated rings. The lowest BCUT2D eigenvalue weighted by molar-refractivity contribution is 0.0521. The van der Waals surface area contributed by atoms with Gasteiger partial charge in [0.15, 0.2) is 17.6 Å². The van der Waals surface area contributed by atoms with Gasteiger partial charge in [0, 0.05) is 17.1 Å². The van der Waals surface area contributed by atoms with Gasteiger partial charge in [0.2, 0.25) is 0 Å². The molecule has 0 saturated heterocycles. The summed E-state index contributed by atoms with van der Waals surface area (Å²) < 4.78 is 12.5. The van der Waals surface area contributed by atoms with Gasteiger partial charge in [-0.3, -0.25) is 4.79 Å². The van der Waals surface area contributed by atoms with Crippen molar-refractivity contribution in [2.24, 2.45) is 0 Å². The Bertz CT molecular complexity index is 672. The summed E-state index contributed by atoms with van der Waals surface area (Å²) in [6.45, 7) is 0.915. The lowest BCUT2D eigenvalue weighted by Gasteiger charge is -2.29. The second-order valence-electron chi connectivity index (χ2n) is 5.19. The molecule has 0 aromatic heterocycles. The van der Waals surface area contributed by atoms with Crippen molar-refractivity contribution in [2.75, 3.05) is 20.2 Å². The number of nitrogens with zero attached hydrogens (tertiary/aromatic N) is 1. The lowest BCUT2D eigenvalue weighted by atomic mass is 10.2. The topological polar surface area (TPSA) is 38.8 Å². The summed E-state index contributed by atoms with van der Waals surface area (Å²) in [6, 6.07) is 14.9. The molecule has 1 aliphatic rings. The van der Waals surface area contributed by atoms with Gasteiger partial charge in [-0.2, -0.15) is 0 Å². The van der Waals surface area contributed by atoms with Gasteiger partial charge in [-0.25, -0.2) is 0 Å². The molecule has 0 aliphatic carbocycles. The maximum atomic E-state index is 12.4. The predicted molar refractivity (Wildman–Crippen MR) is 87.5 cm³/mol. The molecule has 1 amide bonds. The molecular weight excluding hydrogens is 346 g/mol. The number of carbonyl (C=O) groups is 1. The highest BCUT2D eigenvalue weighted by Gasteiger charge is 2.24. The normalized spacial score (nSPS) is 16.2. The molecule has 114 valence electrons. The number of rotatable bonds is 3. The summed E-state index contributed by atoms with van der Waals surface area (Å²) in [4.78, 5) is 14.0. The van der Waals surface area contributed by atoms with E-state index in [4.69, 9.17) is 9.47 Å². The smallest absolute Gasteiger partial charge is 0.253 e. The number of ether oxygens (including phenoxy) is 2. The van der Waals surface area contributed by atoms with Gasteiger partial charge < -0.3 is 14.4 Å². The molecule has 4 nitrogen and oxygen atoms in total. The van der Waals surface area contributed by atoms with Crippen LogP contribution < -0.4 is 9.47 Å². The number of carbonyl (C=O) groups excluding carboxylic acids is 1. The molecule has 22 heavy (non-hydrogen) atoms. The molecule has 5 heteroatoms. The average Bonchev–Trinajstić information content (AvgIpc) is 2.55. The molecule has 2 aromatic rings. The largest absolute Gasteiger partial charge is 0.486 e. The van der Waals surface area contributed by atoms with Gasteiger partial charge in [-0.15, -0.1) is 0 Å². The number of hydrogen-bond acceptors (Lipinski definition) is 3. The van der Waals surface area contributed by atoms with Crippen molar-refractivity contribution in [3.05, 3.63) is 58.6 Å². The van der Waals surface area contributed by atoms with Crippen molar-refractivity contribution in [1.82, 2.24) is 4.90 Å². The first-order valence-electron chi connectivity index (χ1n) is 7.03. The fourth-order valence-corrected chi connectivity index (χ4v) is 2.62. The van der Waals surface area contributed by atoms with E-state index in [1.165, 1.54) is 0 Å². The molecule has 0 N–H and O–H groups in total. The number of benzene rings is 2. The van der Waals surface area contributed by atoms with Crippen LogP contribution in [0.2, 0.25) is 0 Å². The predicted octanol–water partition coefficient (Wildman–Crippen LogP) is 3.36. The minimum Gasteiger partial charge on any atom is -0.486 e. The van der Waals surface area contributed by atoms with Crippen LogP contribution in [0.15, 0.2) is 53.0 Å². The zero-order valence-corrected chi connectivity index (χ0v) is 13.7. The Morgan fingerprint density at radius 3 is 2.59 bits per heavy atom. The van der Waals surface area contributed by atoms with E-state index in [2.05, 4.69) is 15.9 Å². The second kappa shape index (κ2) is 6.40. The number of amides is 1. The van der Waals surface area contributed by atoms with Crippen LogP contribution in [-0.4, -0.2) is 37.1 Å². The average molecular weight is 362 g/mol. The highest BCUT2D eigenvalue weighted by molar-refractivity contribution is 9.10. The van der Waals surface area contributed by atoms with Crippen LogP contribution in [-0.2, 0) is 0 Å². The van der Waals surface area contributed by atoms with E-state index in [0.717, 1.165) is 16.0 Å². The molecule has 3 rings (SSSR count). The van der Waals surface area contributed by atoms with Crippen molar-refractivity contribution in [3.63, 3.8) is 0 Å². The lowest BCUT2D eigenvalue weighted by Crippen LogP contribution is -2.41. The van der Waals surface area contributed by atoms with Crippen molar-refractivity contribution < 1.29 is 14.3 Å². The summed E-state index contributed by atoms with van der Waals surface area (Å²) >= 11 is 3.37.